The summed E-state index contributed by atoms with van der Waals surface area (Å²) in [6, 6.07) is 10.3. The van der Waals surface area contributed by atoms with Crippen LogP contribution in [0.5, 0.6) is 0 Å². The van der Waals surface area contributed by atoms with Gasteiger partial charge < -0.3 is 10.1 Å². The highest BCUT2D eigenvalue weighted by Gasteiger charge is 2.66. The van der Waals surface area contributed by atoms with Gasteiger partial charge in [0.05, 0.1) is 11.2 Å². The van der Waals surface area contributed by atoms with Crippen LogP contribution in [0.4, 0.5) is 0 Å². The molecule has 2 spiro atoms. The third-order valence-corrected chi connectivity index (χ3v) is 10.3. The minimum Gasteiger partial charge on any atom is -0.359 e. The number of pyridine rings is 1. The number of hydrogen-bond acceptors (Lipinski definition) is 3. The Morgan fingerprint density at radius 1 is 1.09 bits per heavy atom. The lowest BCUT2D eigenvalue weighted by Gasteiger charge is -2.54. The van der Waals surface area contributed by atoms with Crippen LogP contribution in [0.15, 0.2) is 60.0 Å². The summed E-state index contributed by atoms with van der Waals surface area (Å²) in [7, 11) is 0. The third kappa shape index (κ3) is 2.86. The molecule has 2 aromatic rings. The zero-order valence-electron chi connectivity index (χ0n) is 20.9. The number of benzene rings is 1. The van der Waals surface area contributed by atoms with E-state index in [4.69, 9.17) is 4.74 Å². The fourth-order valence-electron chi connectivity index (χ4n) is 8.89. The normalized spacial score (nSPS) is 40.5. The Balaban J connectivity index is 1.25. The summed E-state index contributed by atoms with van der Waals surface area (Å²) in [6.45, 7) is 7.12. The molecular weight excluding hydrogens is 416 g/mol. The summed E-state index contributed by atoms with van der Waals surface area (Å²) < 4.78 is 7.44. The van der Waals surface area contributed by atoms with E-state index in [1.54, 1.807) is 5.57 Å². The molecule has 2 bridgehead atoms. The fourth-order valence-corrected chi connectivity index (χ4v) is 8.89. The Morgan fingerprint density at radius 2 is 2.00 bits per heavy atom. The number of rotatable bonds is 3. The van der Waals surface area contributed by atoms with E-state index in [1.165, 1.54) is 66.9 Å². The molecule has 6 atom stereocenters. The van der Waals surface area contributed by atoms with E-state index in [0.717, 1.165) is 6.42 Å². The molecular formula is C31H38N2O. The third-order valence-electron chi connectivity index (χ3n) is 10.3. The van der Waals surface area contributed by atoms with Gasteiger partial charge in [-0.25, -0.2) is 0 Å². The highest BCUT2D eigenvalue weighted by atomic mass is 16.5. The van der Waals surface area contributed by atoms with Crippen LogP contribution in [-0.2, 0) is 4.74 Å². The average Bonchev–Trinajstić information content (AvgIpc) is 3.33. The molecule has 1 N–H and O–H groups in total. The molecule has 2 saturated carbocycles. The standard InChI is InChI=1S/C31H38N2O/c1-20(2)33-26-7-6-24-17-25-10-12-29(3)27(22-5-4-21-11-15-32-19-23(21)16-22)8-9-28(29)31(25)14-13-30(24,18-26)34-31/h4-5,10-11,15-17,19-20,26-28,33H,6-9,12-14,18H2,1-3H3/t26?,27?,28-,29?,30-,31-/m1/s1. The molecule has 3 fully saturated rings. The topological polar surface area (TPSA) is 34.2 Å². The second-order valence-electron chi connectivity index (χ2n) is 12.5. The SMILES string of the molecule is CC(C)NC1CCC2=CC3=CCC4(C)C(c5ccc6ccncc6c5)CC[C@H]4[C@@]34CC[C@]2(C1)O4. The largest absolute Gasteiger partial charge is 0.359 e. The lowest BCUT2D eigenvalue weighted by Crippen LogP contribution is -2.55. The number of allylic oxidation sites excluding steroid dienone is 1. The first-order valence-corrected chi connectivity index (χ1v) is 13.6. The van der Waals surface area contributed by atoms with Crippen LogP contribution < -0.4 is 5.32 Å². The summed E-state index contributed by atoms with van der Waals surface area (Å²) in [4.78, 5) is 4.38. The zero-order chi connectivity index (χ0) is 23.1. The monoisotopic (exact) mass is 454 g/mol. The van der Waals surface area contributed by atoms with Crippen molar-refractivity contribution >= 4 is 10.8 Å². The summed E-state index contributed by atoms with van der Waals surface area (Å²) in [5.74, 6) is 1.19. The van der Waals surface area contributed by atoms with Crippen molar-refractivity contribution in [1.29, 1.82) is 0 Å². The van der Waals surface area contributed by atoms with E-state index in [-0.39, 0.29) is 16.6 Å². The van der Waals surface area contributed by atoms with Crippen molar-refractivity contribution in [2.75, 3.05) is 0 Å². The first-order chi connectivity index (χ1) is 16.4. The molecule has 5 aliphatic rings. The van der Waals surface area contributed by atoms with Crippen LogP contribution in [-0.4, -0.2) is 28.3 Å². The Hall–Kier alpha value is -1.97. The Morgan fingerprint density at radius 3 is 2.88 bits per heavy atom. The number of fused-ring (bicyclic) bond motifs is 2. The van der Waals surface area contributed by atoms with Crippen molar-refractivity contribution in [1.82, 2.24) is 10.3 Å². The molecule has 3 unspecified atom stereocenters. The van der Waals surface area contributed by atoms with Crippen molar-refractivity contribution in [2.45, 2.75) is 101 Å². The Labute approximate surface area is 204 Å². The quantitative estimate of drug-likeness (QED) is 0.551. The molecule has 1 saturated heterocycles. The molecule has 0 amide bonds. The maximum absolute atomic E-state index is 7.44. The van der Waals surface area contributed by atoms with Gasteiger partial charge in [0.15, 0.2) is 0 Å². The average molecular weight is 455 g/mol. The van der Waals surface area contributed by atoms with Crippen molar-refractivity contribution in [3.05, 3.63) is 65.5 Å². The van der Waals surface area contributed by atoms with Crippen molar-refractivity contribution in [3.8, 4) is 0 Å². The molecule has 178 valence electrons. The zero-order valence-corrected chi connectivity index (χ0v) is 20.9. The van der Waals surface area contributed by atoms with Crippen LogP contribution in [0.25, 0.3) is 10.8 Å². The number of hydrogen-bond donors (Lipinski definition) is 1. The van der Waals surface area contributed by atoms with Gasteiger partial charge in [-0.2, -0.15) is 0 Å². The van der Waals surface area contributed by atoms with Gasteiger partial charge in [0.1, 0.15) is 0 Å². The molecule has 3 aliphatic carbocycles. The molecule has 0 radical (unpaired) electrons. The maximum atomic E-state index is 7.44. The first kappa shape index (κ1) is 21.3. The minimum atomic E-state index is -0.0661. The van der Waals surface area contributed by atoms with Crippen LogP contribution in [0.3, 0.4) is 0 Å². The summed E-state index contributed by atoms with van der Waals surface area (Å²) >= 11 is 0. The predicted octanol–water partition coefficient (Wildman–Crippen LogP) is 6.84. The second kappa shape index (κ2) is 7.27. The lowest BCUT2D eigenvalue weighted by molar-refractivity contribution is -0.136. The van der Waals surface area contributed by atoms with E-state index < -0.39 is 0 Å². The van der Waals surface area contributed by atoms with E-state index in [1.807, 2.05) is 12.4 Å². The van der Waals surface area contributed by atoms with Crippen molar-refractivity contribution in [2.24, 2.45) is 11.3 Å². The summed E-state index contributed by atoms with van der Waals surface area (Å²) in [6.07, 6.45) is 18.8. The molecule has 1 aromatic carbocycles. The number of nitrogens with one attached hydrogen (secondary N) is 1. The Kier molecular flexibility index (Phi) is 4.56. The Bertz CT molecular complexity index is 1210. The molecule has 1 aromatic heterocycles. The van der Waals surface area contributed by atoms with Gasteiger partial charge in [-0.05, 0) is 103 Å². The van der Waals surface area contributed by atoms with Crippen LogP contribution >= 0.6 is 0 Å². The molecule has 2 aliphatic heterocycles. The highest BCUT2D eigenvalue weighted by molar-refractivity contribution is 5.82. The highest BCUT2D eigenvalue weighted by Crippen LogP contribution is 2.69. The number of nitrogens with zero attached hydrogens (tertiary/aromatic N) is 1. The molecule has 34 heavy (non-hydrogen) atoms. The van der Waals surface area contributed by atoms with E-state index in [2.05, 4.69) is 67.5 Å². The molecule has 7 rings (SSSR count). The van der Waals surface area contributed by atoms with Gasteiger partial charge in [0, 0.05) is 29.9 Å². The molecule has 3 heteroatoms. The van der Waals surface area contributed by atoms with Crippen molar-refractivity contribution < 1.29 is 4.74 Å². The maximum Gasteiger partial charge on any atom is 0.0974 e. The second-order valence-corrected chi connectivity index (χ2v) is 12.5. The first-order valence-electron chi connectivity index (χ1n) is 13.6. The van der Waals surface area contributed by atoms with Gasteiger partial charge in [-0.1, -0.05) is 45.1 Å². The van der Waals surface area contributed by atoms with E-state index >= 15 is 0 Å². The van der Waals surface area contributed by atoms with Crippen LogP contribution in [0.1, 0.15) is 83.6 Å². The number of ether oxygens (including phenoxy) is 1. The predicted molar refractivity (Wildman–Crippen MR) is 138 cm³/mol. The summed E-state index contributed by atoms with van der Waals surface area (Å²) in [5.41, 5.74) is 4.78. The molecule has 3 heterocycles. The smallest absolute Gasteiger partial charge is 0.0974 e. The molecule has 3 nitrogen and oxygen atoms in total. The fraction of sp³-hybridized carbons (Fsp3) is 0.581. The van der Waals surface area contributed by atoms with Gasteiger partial charge in [0.2, 0.25) is 0 Å². The minimum absolute atomic E-state index is 0.0207. The lowest BCUT2D eigenvalue weighted by atomic mass is 9.58. The van der Waals surface area contributed by atoms with Crippen LogP contribution in [0, 0.1) is 11.3 Å². The van der Waals surface area contributed by atoms with Crippen LogP contribution in [0.2, 0.25) is 0 Å². The number of aromatic nitrogens is 1. The summed E-state index contributed by atoms with van der Waals surface area (Å²) in [5, 5.41) is 6.39. The van der Waals surface area contributed by atoms with Gasteiger partial charge >= 0.3 is 0 Å². The van der Waals surface area contributed by atoms with Gasteiger partial charge in [0.25, 0.3) is 0 Å². The van der Waals surface area contributed by atoms with E-state index in [0.29, 0.717) is 23.9 Å². The van der Waals surface area contributed by atoms with Gasteiger partial charge in [-0.3, -0.25) is 4.98 Å². The van der Waals surface area contributed by atoms with Gasteiger partial charge in [-0.15, -0.1) is 0 Å². The van der Waals surface area contributed by atoms with E-state index in [9.17, 15) is 0 Å². The van der Waals surface area contributed by atoms with Crippen molar-refractivity contribution in [3.63, 3.8) is 0 Å².